The van der Waals surface area contributed by atoms with Crippen LogP contribution in [0.5, 0.6) is 0 Å². The fourth-order valence-electron chi connectivity index (χ4n) is 11.9. The molecule has 0 N–H and O–H groups in total. The molecule has 0 fully saturated rings. The van der Waals surface area contributed by atoms with Crippen molar-refractivity contribution in [2.24, 2.45) is 0 Å². The van der Waals surface area contributed by atoms with Crippen molar-refractivity contribution in [2.75, 3.05) is 4.90 Å². The number of rotatable bonds is 3. The zero-order valence-corrected chi connectivity index (χ0v) is 35.5. The molecule has 11 aromatic carbocycles. The molecule has 0 amide bonds. The van der Waals surface area contributed by atoms with Crippen LogP contribution in [0, 0.1) is 6.92 Å². The average molecular weight is 825 g/mol. The third-order valence-corrected chi connectivity index (χ3v) is 14.6. The minimum Gasteiger partial charge on any atom is -0.455 e. The number of para-hydroxylation sites is 2. The Morgan fingerprint density at radius 1 is 0.462 bits per heavy atom. The van der Waals surface area contributed by atoms with Gasteiger partial charge < -0.3 is 13.8 Å². The Labute approximate surface area is 375 Å². The molecule has 0 atom stereocenters. The Kier molecular flexibility index (Phi) is 6.96. The molecule has 0 radical (unpaired) electrons. The molecular weight excluding hydrogens is 787 g/mol. The molecule has 0 saturated carbocycles. The summed E-state index contributed by atoms with van der Waals surface area (Å²) in [4.78, 5) is 2.62. The van der Waals surface area contributed by atoms with Gasteiger partial charge in [-0.2, -0.15) is 0 Å². The van der Waals surface area contributed by atoms with Crippen molar-refractivity contribution in [2.45, 2.75) is 6.92 Å². The van der Waals surface area contributed by atoms with Crippen LogP contribution in [-0.2, 0) is 0 Å². The van der Waals surface area contributed by atoms with Gasteiger partial charge in [0.15, 0.2) is 0 Å². The third-order valence-electron chi connectivity index (χ3n) is 14.6. The lowest BCUT2D eigenvalue weighted by molar-refractivity contribution is 0.673. The predicted octanol–water partition coefficient (Wildman–Crippen LogP) is 15.2. The van der Waals surface area contributed by atoms with Gasteiger partial charge in [0.05, 0.1) is 5.39 Å². The van der Waals surface area contributed by atoms with E-state index in [-0.39, 0.29) is 6.85 Å². The van der Waals surface area contributed by atoms with Gasteiger partial charge in [-0.1, -0.05) is 152 Å². The van der Waals surface area contributed by atoms with E-state index in [0.717, 1.165) is 27.6 Å². The summed E-state index contributed by atoms with van der Waals surface area (Å²) in [5.74, 6) is 0. The topological polar surface area (TPSA) is 21.3 Å². The molecule has 0 bridgehead atoms. The van der Waals surface area contributed by atoms with Crippen LogP contribution in [0.4, 0.5) is 17.1 Å². The van der Waals surface area contributed by atoms with Crippen LogP contribution < -0.4 is 15.8 Å². The summed E-state index contributed by atoms with van der Waals surface area (Å²) in [6.45, 7) is 2.22. The number of aryl methyl sites for hydroxylation is 1. The van der Waals surface area contributed by atoms with Gasteiger partial charge in [0.2, 0.25) is 0 Å². The Morgan fingerprint density at radius 3 is 1.85 bits per heavy atom. The van der Waals surface area contributed by atoms with Crippen LogP contribution in [-0.4, -0.2) is 11.3 Å². The molecule has 0 aliphatic carbocycles. The Morgan fingerprint density at radius 2 is 1.09 bits per heavy atom. The summed E-state index contributed by atoms with van der Waals surface area (Å²) < 4.78 is 9.60. The van der Waals surface area contributed by atoms with Crippen LogP contribution in [0.25, 0.3) is 109 Å². The highest BCUT2D eigenvalue weighted by Gasteiger charge is 2.45. The first-order valence-corrected chi connectivity index (χ1v) is 22.6. The maximum Gasteiger partial charge on any atom is 0.333 e. The van der Waals surface area contributed by atoms with E-state index >= 15 is 0 Å². The van der Waals surface area contributed by atoms with Gasteiger partial charge in [-0.05, 0) is 138 Å². The van der Waals surface area contributed by atoms with Crippen LogP contribution in [0.2, 0.25) is 0 Å². The maximum atomic E-state index is 6.93. The molecule has 0 saturated heterocycles. The second-order valence-electron chi connectivity index (χ2n) is 18.0. The number of anilines is 3. The molecule has 0 unspecified atom stereocenters. The Balaban J connectivity index is 1.16. The molecule has 0 spiro atoms. The zero-order valence-electron chi connectivity index (χ0n) is 35.5. The Hall–Kier alpha value is -8.34. The highest BCUT2D eigenvalue weighted by atomic mass is 16.3. The minimum absolute atomic E-state index is 0.131. The van der Waals surface area contributed by atoms with Gasteiger partial charge in [0.1, 0.15) is 11.2 Å². The van der Waals surface area contributed by atoms with Gasteiger partial charge in [-0.3, -0.25) is 0 Å². The fourth-order valence-corrected chi connectivity index (χ4v) is 11.9. The number of fused-ring (bicyclic) bond motifs is 15. The highest BCUT2D eigenvalue weighted by molar-refractivity contribution is 6.90. The summed E-state index contributed by atoms with van der Waals surface area (Å²) in [5, 5.41) is 12.2. The second-order valence-corrected chi connectivity index (χ2v) is 18.0. The van der Waals surface area contributed by atoms with E-state index < -0.39 is 0 Å². The number of hydrogen-bond donors (Lipinski definition) is 0. The number of benzene rings is 11. The molecule has 65 heavy (non-hydrogen) atoms. The minimum atomic E-state index is -0.131. The van der Waals surface area contributed by atoms with E-state index in [1.165, 1.54) is 115 Å². The Bertz CT molecular complexity index is 4140. The van der Waals surface area contributed by atoms with Crippen LogP contribution >= 0.6 is 0 Å². The van der Waals surface area contributed by atoms with E-state index in [9.17, 15) is 0 Å². The molecule has 2 aliphatic rings. The maximum absolute atomic E-state index is 6.93. The SMILES string of the molecule is Cc1c2c(cc3cc4ccccc4cc13)B1c3c(cc4ccccc4c3-c3cc4c5ccccc5oc4c4c5ccccc5n1c34)N2c1cc(-c2ccccc2)cc(-c2ccccc2)c1. The quantitative estimate of drug-likeness (QED) is 0.131. The summed E-state index contributed by atoms with van der Waals surface area (Å²) in [7, 11) is 0. The van der Waals surface area contributed by atoms with Crippen molar-refractivity contribution in [3.63, 3.8) is 0 Å². The average Bonchev–Trinajstić information content (AvgIpc) is 3.91. The van der Waals surface area contributed by atoms with Crippen LogP contribution in [0.3, 0.4) is 0 Å². The van der Waals surface area contributed by atoms with Crippen molar-refractivity contribution in [1.29, 1.82) is 0 Å². The molecule has 4 heteroatoms. The normalized spacial score (nSPS) is 12.9. The molecule has 3 nitrogen and oxygen atoms in total. The third kappa shape index (κ3) is 4.75. The molecule has 4 heterocycles. The lowest BCUT2D eigenvalue weighted by atomic mass is 9.44. The van der Waals surface area contributed by atoms with E-state index in [0.29, 0.717) is 0 Å². The first-order valence-electron chi connectivity index (χ1n) is 22.6. The predicted molar refractivity (Wildman–Crippen MR) is 275 cm³/mol. The van der Waals surface area contributed by atoms with Crippen LogP contribution in [0.1, 0.15) is 5.56 Å². The summed E-state index contributed by atoms with van der Waals surface area (Å²) in [6.07, 6.45) is 0. The van der Waals surface area contributed by atoms with Crippen molar-refractivity contribution in [3.8, 4) is 33.4 Å². The smallest absolute Gasteiger partial charge is 0.333 e. The van der Waals surface area contributed by atoms with E-state index in [2.05, 4.69) is 223 Å². The van der Waals surface area contributed by atoms with Gasteiger partial charge >= 0.3 is 6.85 Å². The summed E-state index contributed by atoms with van der Waals surface area (Å²) in [5.41, 5.74) is 19.0. The monoisotopic (exact) mass is 824 g/mol. The highest BCUT2D eigenvalue weighted by Crippen LogP contribution is 2.52. The molecule has 2 aliphatic heterocycles. The first kappa shape index (κ1) is 35.2. The van der Waals surface area contributed by atoms with Crippen molar-refractivity contribution < 1.29 is 4.42 Å². The van der Waals surface area contributed by atoms with E-state index in [1.807, 2.05) is 0 Å². The number of nitrogens with zero attached hydrogens (tertiary/aromatic N) is 2. The van der Waals surface area contributed by atoms with Gasteiger partial charge in [0, 0.05) is 49.8 Å². The standard InChI is InChI=1S/C61H37BN2O/c1-36-49-32-40-21-9-8-20-39(40)28-44(49)33-52-59(36)63(45-30-42(37-16-4-2-5-17-37)29-43(31-45)38-18-6-3-7-19-38)54-34-41-22-10-11-23-46(41)56-51-35-50-47-24-13-15-27-55(47)65-61(50)57-48-25-12-14-26-53(48)64(60(51)57)62(52)58(54)56/h2-35H,1H3. The summed E-state index contributed by atoms with van der Waals surface area (Å²) >= 11 is 0. The zero-order chi connectivity index (χ0) is 42.5. The van der Waals surface area contributed by atoms with E-state index in [4.69, 9.17) is 4.42 Å². The van der Waals surface area contributed by atoms with Gasteiger partial charge in [-0.25, -0.2) is 0 Å². The second kappa shape index (κ2) is 12.9. The van der Waals surface area contributed by atoms with Crippen molar-refractivity contribution in [3.05, 3.63) is 212 Å². The van der Waals surface area contributed by atoms with Gasteiger partial charge in [0.25, 0.3) is 0 Å². The number of hydrogen-bond acceptors (Lipinski definition) is 2. The number of furan rings is 1. The van der Waals surface area contributed by atoms with Crippen LogP contribution in [0.15, 0.2) is 211 Å². The van der Waals surface area contributed by atoms with Crippen molar-refractivity contribution in [1.82, 2.24) is 4.48 Å². The number of aromatic nitrogens is 1. The fraction of sp³-hybridized carbons (Fsp3) is 0.0164. The summed E-state index contributed by atoms with van der Waals surface area (Å²) in [6, 6.07) is 76.5. The van der Waals surface area contributed by atoms with E-state index in [1.54, 1.807) is 0 Å². The molecule has 13 aromatic rings. The molecule has 2 aromatic heterocycles. The first-order chi connectivity index (χ1) is 32.2. The van der Waals surface area contributed by atoms with Crippen molar-refractivity contribution >= 4 is 111 Å². The lowest BCUT2D eigenvalue weighted by Gasteiger charge is -2.42. The lowest BCUT2D eigenvalue weighted by Crippen LogP contribution is -2.57. The largest absolute Gasteiger partial charge is 0.455 e. The molecular formula is C61H37BN2O. The molecule has 15 rings (SSSR count). The van der Waals surface area contributed by atoms with Gasteiger partial charge in [-0.15, -0.1) is 0 Å². The molecule has 300 valence electrons.